The van der Waals surface area contributed by atoms with Crippen molar-refractivity contribution in [2.45, 2.75) is 38.4 Å². The fourth-order valence-electron chi connectivity index (χ4n) is 1.81. The van der Waals surface area contributed by atoms with Crippen LogP contribution in [0.1, 0.15) is 39.2 Å². The van der Waals surface area contributed by atoms with Gasteiger partial charge in [0.25, 0.3) is 0 Å². The molecule has 1 aromatic rings. The Labute approximate surface area is 139 Å². The number of aromatic nitrogens is 1. The molecule has 1 unspecified atom stereocenters. The summed E-state index contributed by atoms with van der Waals surface area (Å²) in [5, 5.41) is 0.254. The summed E-state index contributed by atoms with van der Waals surface area (Å²) < 4.78 is 26.9. The van der Waals surface area contributed by atoms with Crippen LogP contribution >= 0.6 is 11.6 Å². The number of methoxy groups -OCH3 is 1. The first-order chi connectivity index (χ1) is 10.3. The molecule has 22 heavy (non-hydrogen) atoms. The Morgan fingerprint density at radius 1 is 1.50 bits per heavy atom. The Hall–Kier alpha value is -0.820. The minimum Gasteiger partial charge on any atom is -0.591 e. The molecule has 0 radical (unpaired) electrons. The lowest BCUT2D eigenvalue weighted by molar-refractivity contribution is 0.0508. The second-order valence-electron chi connectivity index (χ2n) is 6.14. The molecular formula is C15H21ClN2O3S. The number of pyridine rings is 1. The van der Waals surface area contributed by atoms with E-state index in [1.165, 1.54) is 7.11 Å². The second kappa shape index (κ2) is 7.17. The van der Waals surface area contributed by atoms with Crippen LogP contribution in [0.5, 0.6) is 5.75 Å². The molecule has 1 atom stereocenters. The maximum Gasteiger partial charge on any atom is 0.188 e. The molecule has 1 fully saturated rings. The van der Waals surface area contributed by atoms with Gasteiger partial charge < -0.3 is 14.0 Å². The topological polar surface area (TPSA) is 66.8 Å². The van der Waals surface area contributed by atoms with E-state index in [1.54, 1.807) is 12.3 Å². The van der Waals surface area contributed by atoms with Crippen molar-refractivity contribution in [2.75, 3.05) is 13.9 Å². The maximum atomic E-state index is 12.4. The normalized spacial score (nSPS) is 17.5. The van der Waals surface area contributed by atoms with Crippen LogP contribution in [0.3, 0.4) is 0 Å². The van der Waals surface area contributed by atoms with Gasteiger partial charge >= 0.3 is 0 Å². The SMILES string of the molecule is COCOc1c(C(=N[S+]([O-])C(C)(C)C)C2CC2)ccnc1Cl. The number of hydrogen-bond donors (Lipinski definition) is 0. The average Bonchev–Trinajstić information content (AvgIpc) is 3.26. The fourth-order valence-corrected chi connectivity index (χ4v) is 2.72. The van der Waals surface area contributed by atoms with Gasteiger partial charge in [0, 0.05) is 24.8 Å². The van der Waals surface area contributed by atoms with Gasteiger partial charge in [-0.25, -0.2) is 4.98 Å². The highest BCUT2D eigenvalue weighted by Crippen LogP contribution is 2.39. The van der Waals surface area contributed by atoms with E-state index in [0.29, 0.717) is 11.7 Å². The molecule has 7 heteroatoms. The number of nitrogens with zero attached hydrogens (tertiary/aromatic N) is 2. The van der Waals surface area contributed by atoms with Gasteiger partial charge in [-0.1, -0.05) is 16.0 Å². The van der Waals surface area contributed by atoms with E-state index < -0.39 is 16.1 Å². The summed E-state index contributed by atoms with van der Waals surface area (Å²) in [6.45, 7) is 5.77. The van der Waals surface area contributed by atoms with Crippen LogP contribution in [0.2, 0.25) is 5.15 Å². The molecule has 0 amide bonds. The number of halogens is 1. The lowest BCUT2D eigenvalue weighted by Gasteiger charge is -2.20. The van der Waals surface area contributed by atoms with Gasteiger partial charge in [0.05, 0.1) is 0 Å². The van der Waals surface area contributed by atoms with Crippen molar-refractivity contribution in [2.24, 2.45) is 10.3 Å². The second-order valence-corrected chi connectivity index (χ2v) is 8.41. The van der Waals surface area contributed by atoms with Crippen LogP contribution in [-0.2, 0) is 16.1 Å². The lowest BCUT2D eigenvalue weighted by atomic mass is 10.1. The minimum atomic E-state index is -1.33. The maximum absolute atomic E-state index is 12.4. The molecule has 0 aromatic carbocycles. The van der Waals surface area contributed by atoms with E-state index in [2.05, 4.69) is 9.38 Å². The molecule has 0 N–H and O–H groups in total. The van der Waals surface area contributed by atoms with Crippen LogP contribution in [0.4, 0.5) is 0 Å². The zero-order valence-electron chi connectivity index (χ0n) is 13.3. The Kier molecular flexibility index (Phi) is 5.71. The van der Waals surface area contributed by atoms with Crippen LogP contribution < -0.4 is 4.74 Å². The van der Waals surface area contributed by atoms with Crippen LogP contribution in [0.25, 0.3) is 0 Å². The summed E-state index contributed by atoms with van der Waals surface area (Å²) in [5.41, 5.74) is 1.53. The highest BCUT2D eigenvalue weighted by atomic mass is 35.5. The number of hydrogen-bond acceptors (Lipinski definition) is 5. The minimum absolute atomic E-state index is 0.0682. The highest BCUT2D eigenvalue weighted by molar-refractivity contribution is 7.91. The van der Waals surface area contributed by atoms with Gasteiger partial charge in [0.15, 0.2) is 17.7 Å². The van der Waals surface area contributed by atoms with Crippen molar-refractivity contribution in [3.63, 3.8) is 0 Å². The monoisotopic (exact) mass is 344 g/mol. The summed E-state index contributed by atoms with van der Waals surface area (Å²) in [5.74, 6) is 0.734. The van der Waals surface area contributed by atoms with E-state index in [0.717, 1.165) is 24.1 Å². The largest absolute Gasteiger partial charge is 0.591 e. The first-order valence-electron chi connectivity index (χ1n) is 7.11. The summed E-state index contributed by atoms with van der Waals surface area (Å²) in [6.07, 6.45) is 3.67. The smallest absolute Gasteiger partial charge is 0.188 e. The molecule has 0 spiro atoms. The van der Waals surface area contributed by atoms with Crippen LogP contribution in [0.15, 0.2) is 16.7 Å². The first-order valence-corrected chi connectivity index (χ1v) is 8.60. The van der Waals surface area contributed by atoms with E-state index >= 15 is 0 Å². The third-order valence-electron chi connectivity index (χ3n) is 3.13. The molecule has 122 valence electrons. The zero-order chi connectivity index (χ0) is 16.3. The van der Waals surface area contributed by atoms with Crippen LogP contribution in [-0.4, -0.2) is 33.9 Å². The predicted molar refractivity (Wildman–Crippen MR) is 88.9 cm³/mol. The Morgan fingerprint density at radius 3 is 2.73 bits per heavy atom. The van der Waals surface area contributed by atoms with Crippen molar-refractivity contribution < 1.29 is 14.0 Å². The third kappa shape index (κ3) is 4.35. The number of rotatable bonds is 6. The van der Waals surface area contributed by atoms with Gasteiger partial charge in [-0.2, -0.15) is 0 Å². The predicted octanol–water partition coefficient (Wildman–Crippen LogP) is 3.38. The van der Waals surface area contributed by atoms with Crippen molar-refractivity contribution in [1.82, 2.24) is 4.98 Å². The standard InChI is InChI=1S/C15H21ClN2O3S/c1-15(2,3)22(19)18-12(10-5-6-10)11-7-8-17-14(16)13(11)21-9-20-4/h7-8,10H,5-6,9H2,1-4H3. The summed E-state index contributed by atoms with van der Waals surface area (Å²) in [6, 6.07) is 1.80. The zero-order valence-corrected chi connectivity index (χ0v) is 14.8. The van der Waals surface area contributed by atoms with Crippen molar-refractivity contribution in [3.05, 3.63) is 23.0 Å². The molecule has 1 aromatic heterocycles. The number of ether oxygens (including phenoxy) is 2. The van der Waals surface area contributed by atoms with Gasteiger partial charge in [-0.15, -0.1) is 0 Å². The molecular weight excluding hydrogens is 324 g/mol. The Bertz CT molecular complexity index is 556. The Morgan fingerprint density at radius 2 is 2.18 bits per heavy atom. The molecule has 2 rings (SSSR count). The molecule has 0 aliphatic heterocycles. The van der Waals surface area contributed by atoms with Gasteiger partial charge in [0.1, 0.15) is 21.8 Å². The van der Waals surface area contributed by atoms with E-state index in [9.17, 15) is 4.55 Å². The van der Waals surface area contributed by atoms with Crippen molar-refractivity contribution >= 4 is 28.7 Å². The van der Waals surface area contributed by atoms with Crippen LogP contribution in [0, 0.1) is 5.92 Å². The summed E-state index contributed by atoms with van der Waals surface area (Å²) >= 11 is 4.81. The summed E-state index contributed by atoms with van der Waals surface area (Å²) in [7, 11) is 1.54. The first kappa shape index (κ1) is 17.5. The van der Waals surface area contributed by atoms with E-state index in [4.69, 9.17) is 21.1 Å². The molecule has 5 nitrogen and oxygen atoms in total. The van der Waals surface area contributed by atoms with Crippen molar-refractivity contribution in [3.8, 4) is 5.75 Å². The molecule has 1 aliphatic carbocycles. The third-order valence-corrected chi connectivity index (χ3v) is 4.81. The highest BCUT2D eigenvalue weighted by Gasteiger charge is 2.36. The lowest BCUT2D eigenvalue weighted by Crippen LogP contribution is -2.27. The summed E-state index contributed by atoms with van der Waals surface area (Å²) in [4.78, 5) is 4.04. The molecule has 0 bridgehead atoms. The van der Waals surface area contributed by atoms with Gasteiger partial charge in [0.2, 0.25) is 0 Å². The van der Waals surface area contributed by atoms with E-state index in [-0.39, 0.29) is 11.9 Å². The fraction of sp³-hybridized carbons (Fsp3) is 0.600. The quantitative estimate of drug-likeness (QED) is 0.343. The van der Waals surface area contributed by atoms with Gasteiger partial charge in [-0.05, 0) is 39.7 Å². The van der Waals surface area contributed by atoms with Crippen molar-refractivity contribution in [1.29, 1.82) is 0 Å². The molecule has 0 saturated heterocycles. The Balaban J connectivity index is 2.41. The molecule has 1 aliphatic rings. The van der Waals surface area contributed by atoms with E-state index in [1.807, 2.05) is 20.8 Å². The average molecular weight is 345 g/mol. The molecule has 1 saturated carbocycles. The van der Waals surface area contributed by atoms with Gasteiger partial charge in [-0.3, -0.25) is 0 Å². The molecule has 1 heterocycles.